The number of anilines is 1. The molecule has 112 valence electrons. The molecule has 2 unspecified atom stereocenters. The number of alkyl halides is 3. The quantitative estimate of drug-likeness (QED) is 0.718. The molecular formula is C16H22F3N. The van der Waals surface area contributed by atoms with E-state index in [1.807, 2.05) is 6.92 Å². The van der Waals surface area contributed by atoms with Gasteiger partial charge in [-0.2, -0.15) is 13.2 Å². The molecule has 1 aromatic rings. The summed E-state index contributed by atoms with van der Waals surface area (Å²) in [6.07, 6.45) is 1.32. The molecule has 1 fully saturated rings. The van der Waals surface area contributed by atoms with E-state index in [1.54, 1.807) is 6.07 Å². The topological polar surface area (TPSA) is 12.0 Å². The van der Waals surface area contributed by atoms with Crippen molar-refractivity contribution in [3.05, 3.63) is 29.3 Å². The van der Waals surface area contributed by atoms with Crippen LogP contribution in [0, 0.1) is 12.8 Å². The lowest BCUT2D eigenvalue weighted by atomic mass is 10.0. The first-order valence-electron chi connectivity index (χ1n) is 7.30. The van der Waals surface area contributed by atoms with E-state index in [9.17, 15) is 13.2 Å². The second-order valence-electron chi connectivity index (χ2n) is 5.98. The lowest BCUT2D eigenvalue weighted by Gasteiger charge is -2.20. The molecular weight excluding hydrogens is 263 g/mol. The number of halogens is 3. The first kappa shape index (κ1) is 15.2. The molecule has 0 heterocycles. The van der Waals surface area contributed by atoms with Gasteiger partial charge in [-0.3, -0.25) is 0 Å². The van der Waals surface area contributed by atoms with Crippen molar-refractivity contribution < 1.29 is 13.2 Å². The van der Waals surface area contributed by atoms with Crippen molar-refractivity contribution >= 4 is 5.69 Å². The van der Waals surface area contributed by atoms with Gasteiger partial charge in [-0.05, 0) is 49.8 Å². The van der Waals surface area contributed by atoms with Crippen molar-refractivity contribution in [2.75, 3.05) is 5.32 Å². The van der Waals surface area contributed by atoms with Gasteiger partial charge in [0.25, 0.3) is 0 Å². The van der Waals surface area contributed by atoms with Crippen LogP contribution in [0.3, 0.4) is 0 Å². The van der Waals surface area contributed by atoms with E-state index in [-0.39, 0.29) is 0 Å². The van der Waals surface area contributed by atoms with Gasteiger partial charge in [0, 0.05) is 11.7 Å². The van der Waals surface area contributed by atoms with Crippen LogP contribution in [0.5, 0.6) is 0 Å². The third-order valence-corrected chi connectivity index (χ3v) is 4.18. The summed E-state index contributed by atoms with van der Waals surface area (Å²) >= 11 is 0. The average Bonchev–Trinajstić information content (AvgIpc) is 2.56. The average molecular weight is 285 g/mol. The Labute approximate surface area is 118 Å². The van der Waals surface area contributed by atoms with Gasteiger partial charge < -0.3 is 5.32 Å². The summed E-state index contributed by atoms with van der Waals surface area (Å²) < 4.78 is 38.3. The first-order valence-corrected chi connectivity index (χ1v) is 7.30. The smallest absolute Gasteiger partial charge is 0.382 e. The number of aryl methyl sites for hydroxylation is 1. The van der Waals surface area contributed by atoms with Crippen LogP contribution in [0.4, 0.5) is 18.9 Å². The normalized spacial score (nSPS) is 24.2. The Morgan fingerprint density at radius 1 is 1.10 bits per heavy atom. The van der Waals surface area contributed by atoms with E-state index in [2.05, 4.69) is 12.2 Å². The Morgan fingerprint density at radius 2 is 1.85 bits per heavy atom. The molecule has 20 heavy (non-hydrogen) atoms. The molecule has 0 spiro atoms. The number of nitrogens with one attached hydrogen (secondary N) is 1. The highest BCUT2D eigenvalue weighted by atomic mass is 19.4. The van der Waals surface area contributed by atoms with Crippen LogP contribution in [0.2, 0.25) is 0 Å². The largest absolute Gasteiger partial charge is 0.416 e. The predicted octanol–water partition coefficient (Wildman–Crippen LogP) is 5.39. The molecule has 0 saturated heterocycles. The van der Waals surface area contributed by atoms with E-state index < -0.39 is 11.7 Å². The standard InChI is InChI=1S/C16H22F3N/c1-11-4-3-5-14(9-6-11)20-15-10-13(16(17,18)19)8-7-12(15)2/h7-8,10-11,14,20H,3-6,9H2,1-2H3. The zero-order chi connectivity index (χ0) is 14.8. The van der Waals surface area contributed by atoms with E-state index in [4.69, 9.17) is 0 Å². The fraction of sp³-hybridized carbons (Fsp3) is 0.625. The van der Waals surface area contributed by atoms with Crippen LogP contribution >= 0.6 is 0 Å². The highest BCUT2D eigenvalue weighted by Gasteiger charge is 2.31. The Kier molecular flexibility index (Phi) is 4.61. The van der Waals surface area contributed by atoms with Gasteiger partial charge in [-0.15, -0.1) is 0 Å². The molecule has 0 amide bonds. The van der Waals surface area contributed by atoms with E-state index in [0.29, 0.717) is 11.7 Å². The summed E-state index contributed by atoms with van der Waals surface area (Å²) in [7, 11) is 0. The number of rotatable bonds is 2. The van der Waals surface area contributed by atoms with Crippen molar-refractivity contribution in [1.82, 2.24) is 0 Å². The Morgan fingerprint density at radius 3 is 2.55 bits per heavy atom. The van der Waals surface area contributed by atoms with E-state index in [1.165, 1.54) is 12.5 Å². The van der Waals surface area contributed by atoms with Crippen molar-refractivity contribution in [2.45, 2.75) is 58.2 Å². The zero-order valence-electron chi connectivity index (χ0n) is 12.1. The summed E-state index contributed by atoms with van der Waals surface area (Å²) in [4.78, 5) is 0. The van der Waals surface area contributed by atoms with Crippen molar-refractivity contribution in [3.8, 4) is 0 Å². The van der Waals surface area contributed by atoms with Crippen LogP contribution < -0.4 is 5.32 Å². The zero-order valence-corrected chi connectivity index (χ0v) is 12.1. The maximum atomic E-state index is 12.8. The third-order valence-electron chi connectivity index (χ3n) is 4.18. The number of hydrogen-bond donors (Lipinski definition) is 1. The monoisotopic (exact) mass is 285 g/mol. The van der Waals surface area contributed by atoms with Crippen molar-refractivity contribution in [2.24, 2.45) is 5.92 Å². The molecule has 1 aromatic carbocycles. The van der Waals surface area contributed by atoms with Gasteiger partial charge in [-0.25, -0.2) is 0 Å². The lowest BCUT2D eigenvalue weighted by Crippen LogP contribution is -2.19. The second kappa shape index (κ2) is 6.06. The SMILES string of the molecule is Cc1ccc(C(F)(F)F)cc1NC1CCCC(C)CC1. The minimum Gasteiger partial charge on any atom is -0.382 e. The molecule has 4 heteroatoms. The highest BCUT2D eigenvalue weighted by Crippen LogP contribution is 2.33. The van der Waals surface area contributed by atoms with Crippen LogP contribution in [-0.4, -0.2) is 6.04 Å². The molecule has 0 radical (unpaired) electrons. The van der Waals surface area contributed by atoms with Gasteiger partial charge in [0.05, 0.1) is 5.56 Å². The maximum absolute atomic E-state index is 12.8. The summed E-state index contributed by atoms with van der Waals surface area (Å²) in [5.41, 5.74) is 0.919. The molecule has 1 saturated carbocycles. The second-order valence-corrected chi connectivity index (χ2v) is 5.98. The van der Waals surface area contributed by atoms with E-state index in [0.717, 1.165) is 43.2 Å². The molecule has 1 aliphatic rings. The van der Waals surface area contributed by atoms with Crippen LogP contribution in [-0.2, 0) is 6.18 Å². The Bertz CT molecular complexity index is 454. The van der Waals surface area contributed by atoms with E-state index >= 15 is 0 Å². The molecule has 2 atom stereocenters. The van der Waals surface area contributed by atoms with Crippen molar-refractivity contribution in [1.29, 1.82) is 0 Å². The summed E-state index contributed by atoms with van der Waals surface area (Å²) in [5.74, 6) is 0.726. The van der Waals surface area contributed by atoms with Crippen LogP contribution in [0.1, 0.15) is 50.2 Å². The van der Waals surface area contributed by atoms with Gasteiger partial charge in [0.2, 0.25) is 0 Å². The van der Waals surface area contributed by atoms with Gasteiger partial charge in [0.15, 0.2) is 0 Å². The molecule has 0 aromatic heterocycles. The van der Waals surface area contributed by atoms with Gasteiger partial charge >= 0.3 is 6.18 Å². The Balaban J connectivity index is 2.12. The Hall–Kier alpha value is -1.19. The maximum Gasteiger partial charge on any atom is 0.416 e. The van der Waals surface area contributed by atoms with Crippen LogP contribution in [0.25, 0.3) is 0 Å². The minimum absolute atomic E-state index is 0.294. The predicted molar refractivity (Wildman–Crippen MR) is 75.8 cm³/mol. The van der Waals surface area contributed by atoms with Crippen LogP contribution in [0.15, 0.2) is 18.2 Å². The lowest BCUT2D eigenvalue weighted by molar-refractivity contribution is -0.137. The molecule has 1 aliphatic carbocycles. The molecule has 1 nitrogen and oxygen atoms in total. The fourth-order valence-corrected chi connectivity index (χ4v) is 2.81. The van der Waals surface area contributed by atoms with Crippen molar-refractivity contribution in [3.63, 3.8) is 0 Å². The summed E-state index contributed by atoms with van der Waals surface area (Å²) in [6.45, 7) is 4.10. The molecule has 1 N–H and O–H groups in total. The highest BCUT2D eigenvalue weighted by molar-refractivity contribution is 5.53. The molecule has 2 rings (SSSR count). The van der Waals surface area contributed by atoms with Gasteiger partial charge in [-0.1, -0.05) is 25.8 Å². The molecule has 0 bridgehead atoms. The van der Waals surface area contributed by atoms with Gasteiger partial charge in [0.1, 0.15) is 0 Å². The fourth-order valence-electron chi connectivity index (χ4n) is 2.81. The summed E-state index contributed by atoms with van der Waals surface area (Å²) in [6, 6.07) is 4.23. The summed E-state index contributed by atoms with van der Waals surface area (Å²) in [5, 5.41) is 3.32. The minimum atomic E-state index is -4.28. The first-order chi connectivity index (χ1) is 9.36. The number of benzene rings is 1. The third kappa shape index (κ3) is 3.90. The number of hydrogen-bond acceptors (Lipinski definition) is 1. The molecule has 0 aliphatic heterocycles.